The van der Waals surface area contributed by atoms with E-state index in [-0.39, 0.29) is 36.0 Å². The van der Waals surface area contributed by atoms with Crippen LogP contribution in [0.25, 0.3) is 0 Å². The highest BCUT2D eigenvalue weighted by atomic mass is 16.5. The van der Waals surface area contributed by atoms with Crippen LogP contribution in [0, 0.1) is 46.8 Å². The first kappa shape index (κ1) is 31.4. The number of rotatable bonds is 2. The van der Waals surface area contributed by atoms with Gasteiger partial charge < -0.3 is 19.8 Å². The number of hydrogen-bond acceptors (Lipinski definition) is 6. The highest BCUT2D eigenvalue weighted by Gasteiger charge is 2.41. The van der Waals surface area contributed by atoms with Gasteiger partial charge in [-0.15, -0.1) is 0 Å². The van der Waals surface area contributed by atoms with E-state index in [1.165, 1.54) is 0 Å². The number of carbonyl (C=O) groups is 2. The average Bonchev–Trinajstić information content (AvgIpc) is 3.59. The van der Waals surface area contributed by atoms with Crippen molar-refractivity contribution in [2.45, 2.75) is 110 Å². The molecule has 0 unspecified atom stereocenters. The molecule has 218 valence electrons. The number of amides is 1. The number of cyclic esters (lactones) is 1. The van der Waals surface area contributed by atoms with Crippen molar-refractivity contribution < 1.29 is 24.5 Å². The smallest absolute Gasteiger partial charge is 0.308 e. The Kier molecular flexibility index (Phi) is 12.1. The Morgan fingerprint density at radius 1 is 1.00 bits per heavy atom. The molecule has 2 fully saturated rings. The van der Waals surface area contributed by atoms with Gasteiger partial charge in [0, 0.05) is 31.3 Å². The monoisotopic (exact) mass is 542 g/mol. The van der Waals surface area contributed by atoms with Crippen LogP contribution in [0.3, 0.4) is 0 Å². The molecule has 1 amide bonds. The van der Waals surface area contributed by atoms with Crippen LogP contribution in [-0.2, 0) is 14.3 Å². The molecule has 7 nitrogen and oxygen atoms in total. The molecule has 0 aromatic carbocycles. The second-order valence-electron chi connectivity index (χ2n) is 12.7. The summed E-state index contributed by atoms with van der Waals surface area (Å²) in [4.78, 5) is 28.3. The van der Waals surface area contributed by atoms with Gasteiger partial charge in [-0.05, 0) is 74.7 Å². The van der Waals surface area contributed by atoms with Gasteiger partial charge in [0.15, 0.2) is 0 Å². The Labute approximate surface area is 235 Å². The molecule has 0 aromatic rings. The van der Waals surface area contributed by atoms with Crippen molar-refractivity contribution in [3.63, 3.8) is 0 Å². The SMILES string of the molecule is C[C@@H]1C[C@H](C)C[C@H](C)[C@@H](O)CC(=O)O[C@H]([C@@H]2CCC[C@H]2C(=O)N2CCCC2)C/C=C/C=C(/C#N)[C@H](O)[C@@H](C)C1. The molecule has 0 bridgehead atoms. The highest BCUT2D eigenvalue weighted by molar-refractivity contribution is 5.80. The first-order valence-electron chi connectivity index (χ1n) is 15.2. The molecule has 9 atom stereocenters. The maximum atomic E-state index is 13.3. The maximum Gasteiger partial charge on any atom is 0.308 e. The molecule has 0 aromatic heterocycles. The summed E-state index contributed by atoms with van der Waals surface area (Å²) in [5.74, 6) is 0.118. The second-order valence-corrected chi connectivity index (χ2v) is 12.7. The van der Waals surface area contributed by atoms with E-state index in [0.29, 0.717) is 23.8 Å². The summed E-state index contributed by atoms with van der Waals surface area (Å²) in [5.41, 5.74) is 0.327. The molecule has 1 aliphatic carbocycles. The van der Waals surface area contributed by atoms with Crippen LogP contribution in [0.1, 0.15) is 91.9 Å². The van der Waals surface area contributed by atoms with Gasteiger partial charge in [-0.1, -0.05) is 46.3 Å². The molecule has 3 aliphatic rings. The topological polar surface area (TPSA) is 111 Å². The fourth-order valence-corrected chi connectivity index (χ4v) is 7.14. The minimum atomic E-state index is -0.844. The Bertz CT molecular complexity index is 918. The summed E-state index contributed by atoms with van der Waals surface area (Å²) in [6.07, 6.45) is 10.7. The predicted molar refractivity (Wildman–Crippen MR) is 151 cm³/mol. The zero-order valence-corrected chi connectivity index (χ0v) is 24.4. The minimum absolute atomic E-state index is 0.0518. The van der Waals surface area contributed by atoms with Crippen molar-refractivity contribution in [1.29, 1.82) is 5.26 Å². The first-order valence-corrected chi connectivity index (χ1v) is 15.2. The van der Waals surface area contributed by atoms with E-state index in [0.717, 1.165) is 64.5 Å². The van der Waals surface area contributed by atoms with Crippen molar-refractivity contribution in [1.82, 2.24) is 4.90 Å². The van der Waals surface area contributed by atoms with E-state index in [1.807, 2.05) is 24.8 Å². The molecule has 0 radical (unpaired) electrons. The fourth-order valence-electron chi connectivity index (χ4n) is 7.14. The number of ether oxygens (including phenoxy) is 1. The van der Waals surface area contributed by atoms with Crippen molar-refractivity contribution in [2.75, 3.05) is 13.1 Å². The summed E-state index contributed by atoms with van der Waals surface area (Å²) in [7, 11) is 0. The second kappa shape index (κ2) is 15.0. The molecule has 2 aliphatic heterocycles. The van der Waals surface area contributed by atoms with Crippen LogP contribution in [0.15, 0.2) is 23.8 Å². The van der Waals surface area contributed by atoms with Crippen LogP contribution >= 0.6 is 0 Å². The maximum absolute atomic E-state index is 13.3. The van der Waals surface area contributed by atoms with E-state index in [2.05, 4.69) is 19.9 Å². The Hall–Kier alpha value is -2.17. The molecule has 39 heavy (non-hydrogen) atoms. The Morgan fingerprint density at radius 2 is 1.67 bits per heavy atom. The first-order chi connectivity index (χ1) is 18.6. The number of allylic oxidation sites excluding steroid dienone is 2. The van der Waals surface area contributed by atoms with Crippen molar-refractivity contribution in [2.24, 2.45) is 35.5 Å². The number of nitriles is 1. The molecule has 1 saturated carbocycles. The molecular formula is C32H50N2O5. The standard InChI is InChI=1S/C32H50N2O5/c1-21-16-22(2)18-24(4)31(37)25(20-33)10-5-6-13-29(39-30(36)19-28(35)23(3)17-21)26-11-9-12-27(26)32(38)34-14-7-8-15-34/h5-6,10,21-24,26-29,31,35,37H,7-9,11-19H2,1-4H3/b6-5+,25-10-/t21-,22+,23-,24-,26+,27+,28-,29-,31+/m0/s1. The average molecular weight is 543 g/mol. The van der Waals surface area contributed by atoms with E-state index < -0.39 is 24.3 Å². The van der Waals surface area contributed by atoms with Gasteiger partial charge in [0.1, 0.15) is 6.10 Å². The van der Waals surface area contributed by atoms with Crippen LogP contribution in [0.5, 0.6) is 0 Å². The molecule has 3 rings (SSSR count). The number of carbonyl (C=O) groups excluding carboxylic acids is 2. The molecule has 1 saturated heterocycles. The van der Waals surface area contributed by atoms with Crippen molar-refractivity contribution in [3.05, 3.63) is 23.8 Å². The van der Waals surface area contributed by atoms with E-state index >= 15 is 0 Å². The Morgan fingerprint density at radius 3 is 2.33 bits per heavy atom. The van der Waals surface area contributed by atoms with Gasteiger partial charge in [-0.25, -0.2) is 0 Å². The van der Waals surface area contributed by atoms with Gasteiger partial charge in [0.2, 0.25) is 5.91 Å². The predicted octanol–water partition coefficient (Wildman–Crippen LogP) is 5.17. The molecular weight excluding hydrogens is 492 g/mol. The van der Waals surface area contributed by atoms with E-state index in [9.17, 15) is 25.1 Å². The normalized spacial score (nSPS) is 40.0. The van der Waals surface area contributed by atoms with Gasteiger partial charge >= 0.3 is 5.97 Å². The summed E-state index contributed by atoms with van der Waals surface area (Å²) in [5, 5.41) is 31.4. The number of hydrogen-bond donors (Lipinski definition) is 2. The number of aliphatic hydroxyl groups excluding tert-OH is 2. The molecule has 2 heterocycles. The lowest BCUT2D eigenvalue weighted by atomic mass is 9.82. The summed E-state index contributed by atoms with van der Waals surface area (Å²) >= 11 is 0. The fraction of sp³-hybridized carbons (Fsp3) is 0.781. The summed E-state index contributed by atoms with van der Waals surface area (Å²) in [6.45, 7) is 9.90. The highest BCUT2D eigenvalue weighted by Crippen LogP contribution is 2.39. The third-order valence-corrected chi connectivity index (χ3v) is 9.22. The number of nitrogens with zero attached hydrogens (tertiary/aromatic N) is 2. The zero-order chi connectivity index (χ0) is 28.5. The molecule has 2 N–H and O–H groups in total. The van der Waals surface area contributed by atoms with Gasteiger partial charge in [0.25, 0.3) is 0 Å². The third kappa shape index (κ3) is 8.91. The lowest BCUT2D eigenvalue weighted by Crippen LogP contribution is -2.40. The lowest BCUT2D eigenvalue weighted by molar-refractivity contribution is -0.157. The lowest BCUT2D eigenvalue weighted by Gasteiger charge is -2.30. The minimum Gasteiger partial charge on any atom is -0.462 e. The van der Waals surface area contributed by atoms with E-state index in [4.69, 9.17) is 4.74 Å². The number of likely N-dealkylation sites (tertiary alicyclic amines) is 1. The van der Waals surface area contributed by atoms with Crippen LogP contribution in [0.2, 0.25) is 0 Å². The number of esters is 1. The van der Waals surface area contributed by atoms with Crippen LogP contribution in [-0.4, -0.2) is 58.4 Å². The third-order valence-electron chi connectivity index (χ3n) is 9.22. The molecule has 7 heteroatoms. The van der Waals surface area contributed by atoms with Crippen molar-refractivity contribution in [3.8, 4) is 6.07 Å². The van der Waals surface area contributed by atoms with E-state index in [1.54, 1.807) is 12.2 Å². The zero-order valence-electron chi connectivity index (χ0n) is 24.4. The van der Waals surface area contributed by atoms with Gasteiger partial charge in [-0.2, -0.15) is 5.26 Å². The Balaban J connectivity index is 1.84. The number of aliphatic hydroxyl groups is 2. The summed E-state index contributed by atoms with van der Waals surface area (Å²) < 4.78 is 6.02. The quantitative estimate of drug-likeness (QED) is 0.466. The van der Waals surface area contributed by atoms with Gasteiger partial charge in [0.05, 0.1) is 30.3 Å². The van der Waals surface area contributed by atoms with Crippen molar-refractivity contribution >= 4 is 11.9 Å². The largest absolute Gasteiger partial charge is 0.462 e. The van der Waals surface area contributed by atoms with Crippen LogP contribution in [0.4, 0.5) is 0 Å². The summed E-state index contributed by atoms with van der Waals surface area (Å²) in [6, 6.07) is 2.16. The van der Waals surface area contributed by atoms with Gasteiger partial charge in [-0.3, -0.25) is 9.59 Å². The van der Waals surface area contributed by atoms with Crippen LogP contribution < -0.4 is 0 Å². The molecule has 0 spiro atoms.